The van der Waals surface area contributed by atoms with Crippen molar-refractivity contribution in [3.63, 3.8) is 0 Å². The molecule has 1 N–H and O–H groups in total. The molecule has 0 amide bonds. The summed E-state index contributed by atoms with van der Waals surface area (Å²) in [7, 11) is 2.20. The van der Waals surface area contributed by atoms with E-state index in [0.717, 1.165) is 18.5 Å². The summed E-state index contributed by atoms with van der Waals surface area (Å²) in [4.78, 5) is 6.82. The lowest BCUT2D eigenvalue weighted by molar-refractivity contribution is -0.0898. The zero-order valence-corrected chi connectivity index (χ0v) is 10.3. The third-order valence-electron chi connectivity index (χ3n) is 4.51. The second-order valence-corrected chi connectivity index (χ2v) is 5.56. The summed E-state index contributed by atoms with van der Waals surface area (Å²) in [5.74, 6) is 0. The minimum atomic E-state index is -0.705. The van der Waals surface area contributed by atoms with E-state index in [4.69, 9.17) is 0 Å². The Balaban J connectivity index is 1.90. The summed E-state index contributed by atoms with van der Waals surface area (Å²) in [6.45, 7) is 0. The van der Waals surface area contributed by atoms with Crippen LogP contribution in [-0.2, 0) is 5.60 Å². The highest BCUT2D eigenvalue weighted by molar-refractivity contribution is 5.16. The van der Waals surface area contributed by atoms with Gasteiger partial charge in [0.2, 0.25) is 0 Å². The Morgan fingerprint density at radius 2 is 2.00 bits per heavy atom. The molecule has 2 saturated heterocycles. The average molecular weight is 232 g/mol. The van der Waals surface area contributed by atoms with Crippen molar-refractivity contribution >= 4 is 0 Å². The molecule has 0 saturated carbocycles. The number of rotatable bonds is 1. The topological polar surface area (TPSA) is 36.4 Å². The number of hydrogen-bond donors (Lipinski definition) is 1. The van der Waals surface area contributed by atoms with E-state index < -0.39 is 5.60 Å². The molecule has 2 fully saturated rings. The van der Waals surface area contributed by atoms with Gasteiger partial charge in [0.1, 0.15) is 5.60 Å². The van der Waals surface area contributed by atoms with Crippen molar-refractivity contribution in [3.05, 3.63) is 30.1 Å². The Hall–Kier alpha value is -0.930. The van der Waals surface area contributed by atoms with Gasteiger partial charge in [-0.15, -0.1) is 0 Å². The van der Waals surface area contributed by atoms with Crippen molar-refractivity contribution in [2.45, 2.75) is 49.8 Å². The fourth-order valence-electron chi connectivity index (χ4n) is 3.50. The number of fused-ring (bicyclic) bond motifs is 2. The third kappa shape index (κ3) is 1.87. The Morgan fingerprint density at radius 3 is 2.59 bits per heavy atom. The second-order valence-electron chi connectivity index (χ2n) is 5.56. The van der Waals surface area contributed by atoms with Crippen LogP contribution in [0.25, 0.3) is 0 Å². The molecule has 17 heavy (non-hydrogen) atoms. The molecule has 0 radical (unpaired) electrons. The fraction of sp³-hybridized carbons (Fsp3) is 0.643. The lowest BCUT2D eigenvalue weighted by atomic mass is 9.74. The first-order valence-corrected chi connectivity index (χ1v) is 6.55. The molecule has 3 rings (SSSR count). The largest absolute Gasteiger partial charge is 0.383 e. The summed E-state index contributed by atoms with van der Waals surface area (Å²) >= 11 is 0. The van der Waals surface area contributed by atoms with Gasteiger partial charge in [-0.05, 0) is 44.9 Å². The van der Waals surface area contributed by atoms with Gasteiger partial charge in [-0.1, -0.05) is 12.5 Å². The molecular weight excluding hydrogens is 212 g/mol. The van der Waals surface area contributed by atoms with Crippen molar-refractivity contribution in [3.8, 4) is 0 Å². The predicted molar refractivity (Wildman–Crippen MR) is 66.6 cm³/mol. The zero-order chi connectivity index (χ0) is 11.9. The summed E-state index contributed by atoms with van der Waals surface area (Å²) in [5, 5.41) is 10.9. The molecule has 3 heteroatoms. The molecule has 3 heterocycles. The molecule has 2 aliphatic heterocycles. The van der Waals surface area contributed by atoms with Crippen molar-refractivity contribution in [1.29, 1.82) is 0 Å². The Kier molecular flexibility index (Phi) is 2.68. The van der Waals surface area contributed by atoms with Gasteiger partial charge in [0.05, 0.1) is 5.69 Å². The summed E-state index contributed by atoms with van der Waals surface area (Å²) < 4.78 is 0. The second kappa shape index (κ2) is 4.07. The first kappa shape index (κ1) is 11.2. The monoisotopic (exact) mass is 232 g/mol. The van der Waals surface area contributed by atoms with Crippen molar-refractivity contribution < 1.29 is 5.11 Å². The van der Waals surface area contributed by atoms with E-state index in [1.165, 1.54) is 19.3 Å². The highest BCUT2D eigenvalue weighted by Crippen LogP contribution is 2.42. The van der Waals surface area contributed by atoms with E-state index in [1.54, 1.807) is 6.20 Å². The normalized spacial score (nSPS) is 38.0. The summed E-state index contributed by atoms with van der Waals surface area (Å²) in [5.41, 5.74) is 0.147. The lowest BCUT2D eigenvalue weighted by Gasteiger charge is -2.50. The number of pyridine rings is 1. The molecule has 3 nitrogen and oxygen atoms in total. The Morgan fingerprint density at radius 1 is 1.29 bits per heavy atom. The van der Waals surface area contributed by atoms with E-state index in [-0.39, 0.29) is 0 Å². The molecule has 0 aromatic carbocycles. The smallest absolute Gasteiger partial charge is 0.109 e. The maximum Gasteiger partial charge on any atom is 0.109 e. The van der Waals surface area contributed by atoms with Gasteiger partial charge in [-0.3, -0.25) is 4.98 Å². The van der Waals surface area contributed by atoms with Crippen LogP contribution >= 0.6 is 0 Å². The molecule has 2 aliphatic rings. The molecule has 1 aromatic heterocycles. The highest BCUT2D eigenvalue weighted by Gasteiger charge is 2.45. The van der Waals surface area contributed by atoms with Gasteiger partial charge in [0.25, 0.3) is 0 Å². The van der Waals surface area contributed by atoms with Gasteiger partial charge in [-0.2, -0.15) is 0 Å². The number of aliphatic hydroxyl groups is 1. The van der Waals surface area contributed by atoms with Crippen LogP contribution in [0.15, 0.2) is 24.4 Å². The van der Waals surface area contributed by atoms with E-state index in [2.05, 4.69) is 16.9 Å². The summed E-state index contributed by atoms with van der Waals surface area (Å²) in [6.07, 6.45) is 7.16. The number of nitrogens with zero attached hydrogens (tertiary/aromatic N) is 2. The van der Waals surface area contributed by atoms with E-state index >= 15 is 0 Å². The Bertz CT molecular complexity index is 378. The van der Waals surface area contributed by atoms with Crippen LogP contribution in [0.3, 0.4) is 0 Å². The number of aromatic nitrogens is 1. The highest BCUT2D eigenvalue weighted by atomic mass is 16.3. The number of hydrogen-bond acceptors (Lipinski definition) is 3. The van der Waals surface area contributed by atoms with Crippen LogP contribution in [0.1, 0.15) is 37.8 Å². The van der Waals surface area contributed by atoms with Gasteiger partial charge < -0.3 is 10.0 Å². The van der Waals surface area contributed by atoms with E-state index in [9.17, 15) is 5.11 Å². The molecule has 2 unspecified atom stereocenters. The lowest BCUT2D eigenvalue weighted by Crippen LogP contribution is -2.55. The van der Waals surface area contributed by atoms with Gasteiger partial charge >= 0.3 is 0 Å². The molecule has 0 aliphatic carbocycles. The molecule has 2 bridgehead atoms. The van der Waals surface area contributed by atoms with Crippen LogP contribution < -0.4 is 0 Å². The Labute approximate surface area is 102 Å². The van der Waals surface area contributed by atoms with Gasteiger partial charge in [0.15, 0.2) is 0 Å². The average Bonchev–Trinajstić information content (AvgIpc) is 2.33. The first-order valence-electron chi connectivity index (χ1n) is 6.55. The maximum atomic E-state index is 10.9. The SMILES string of the molecule is CN1C2CCCC1CC(O)(c1ccccn1)C2. The van der Waals surface area contributed by atoms with Crippen LogP contribution in [0.5, 0.6) is 0 Å². The molecular formula is C14H20N2O. The molecule has 0 spiro atoms. The van der Waals surface area contributed by atoms with Crippen molar-refractivity contribution in [2.75, 3.05) is 7.05 Å². The molecule has 2 atom stereocenters. The van der Waals surface area contributed by atoms with Crippen LogP contribution in [0.4, 0.5) is 0 Å². The minimum absolute atomic E-state index is 0.523. The molecule has 92 valence electrons. The summed E-state index contributed by atoms with van der Waals surface area (Å²) in [6, 6.07) is 6.88. The standard InChI is InChI=1S/C14H20N2O/c1-16-11-5-4-6-12(16)10-14(17,9-11)13-7-2-3-8-15-13/h2-3,7-8,11-12,17H,4-6,9-10H2,1H3. The van der Waals surface area contributed by atoms with E-state index in [0.29, 0.717) is 12.1 Å². The minimum Gasteiger partial charge on any atom is -0.383 e. The van der Waals surface area contributed by atoms with Crippen molar-refractivity contribution in [1.82, 2.24) is 9.88 Å². The zero-order valence-electron chi connectivity index (χ0n) is 10.3. The predicted octanol–water partition coefficient (Wildman–Crippen LogP) is 1.92. The van der Waals surface area contributed by atoms with Crippen LogP contribution in [0.2, 0.25) is 0 Å². The molecule has 1 aromatic rings. The quantitative estimate of drug-likeness (QED) is 0.803. The first-order chi connectivity index (χ1) is 8.19. The third-order valence-corrected chi connectivity index (χ3v) is 4.51. The maximum absolute atomic E-state index is 10.9. The van der Waals surface area contributed by atoms with E-state index in [1.807, 2.05) is 18.2 Å². The number of piperidine rings is 2. The van der Waals surface area contributed by atoms with Crippen molar-refractivity contribution in [2.24, 2.45) is 0 Å². The van der Waals surface area contributed by atoms with Crippen LogP contribution in [-0.4, -0.2) is 34.1 Å². The fourth-order valence-corrected chi connectivity index (χ4v) is 3.50. The van der Waals surface area contributed by atoms with Gasteiger partial charge in [0, 0.05) is 18.3 Å². The van der Waals surface area contributed by atoms with Gasteiger partial charge in [-0.25, -0.2) is 0 Å². The van der Waals surface area contributed by atoms with Crippen LogP contribution in [0, 0.1) is 0 Å².